The van der Waals surface area contributed by atoms with Crippen LogP contribution in [0.2, 0.25) is 5.02 Å². The molecule has 1 aliphatic rings. The van der Waals surface area contributed by atoms with Crippen LogP contribution in [0, 0.1) is 0 Å². The lowest BCUT2D eigenvalue weighted by Crippen LogP contribution is -2.55. The summed E-state index contributed by atoms with van der Waals surface area (Å²) in [6.07, 6.45) is 0.838. The van der Waals surface area contributed by atoms with Crippen molar-refractivity contribution in [1.29, 1.82) is 0 Å². The van der Waals surface area contributed by atoms with Crippen LogP contribution in [0.1, 0.15) is 11.6 Å². The Bertz CT molecular complexity index is 399. The summed E-state index contributed by atoms with van der Waals surface area (Å²) in [5, 5.41) is 10.2. The van der Waals surface area contributed by atoms with E-state index in [1.165, 1.54) is 16.3 Å². The molecule has 1 amide bonds. The summed E-state index contributed by atoms with van der Waals surface area (Å²) in [5.41, 5.74) is 0.792. The summed E-state index contributed by atoms with van der Waals surface area (Å²) >= 11 is 7.31. The minimum Gasteiger partial charge on any atom is -0.381 e. The monoisotopic (exact) mass is 243 g/mol. The molecule has 1 fully saturated rings. The minimum atomic E-state index is -0.961. The molecule has 0 aromatic heterocycles. The second-order valence-electron chi connectivity index (χ2n) is 3.26. The van der Waals surface area contributed by atoms with Crippen molar-refractivity contribution in [2.24, 2.45) is 0 Å². The first-order chi connectivity index (χ1) is 7.16. The number of hydrogen-bond donors (Lipinski definition) is 1. The van der Waals surface area contributed by atoms with Gasteiger partial charge in [0.15, 0.2) is 6.10 Å². The third-order valence-electron chi connectivity index (χ3n) is 2.44. The van der Waals surface area contributed by atoms with Crippen LogP contribution in [0.15, 0.2) is 24.3 Å². The lowest BCUT2D eigenvalue weighted by atomic mass is 9.94. The van der Waals surface area contributed by atoms with Gasteiger partial charge < -0.3 is 5.11 Å². The van der Waals surface area contributed by atoms with Crippen molar-refractivity contribution in [2.75, 3.05) is 6.26 Å². The van der Waals surface area contributed by atoms with Gasteiger partial charge in [-0.3, -0.25) is 9.10 Å². The molecule has 1 aromatic rings. The van der Waals surface area contributed by atoms with Gasteiger partial charge >= 0.3 is 0 Å². The Hall–Kier alpha value is -0.710. The number of aliphatic hydroxyl groups is 1. The third kappa shape index (κ3) is 1.62. The van der Waals surface area contributed by atoms with Crippen molar-refractivity contribution in [3.8, 4) is 0 Å². The summed E-state index contributed by atoms with van der Waals surface area (Å²) in [4.78, 5) is 11.3. The molecule has 0 saturated carbocycles. The fourth-order valence-electron chi connectivity index (χ4n) is 1.66. The standard InChI is InChI=1S/C10H10ClNO2S/c1-15-12-8(9(13)10(12)14)6-4-2-3-5-7(6)11/h2-5,8-9,13H,1H3/t8-,9+/m0/s1. The molecule has 0 spiro atoms. The van der Waals surface area contributed by atoms with E-state index in [0.717, 1.165) is 5.56 Å². The average molecular weight is 244 g/mol. The molecular weight excluding hydrogens is 234 g/mol. The fraction of sp³-hybridized carbons (Fsp3) is 0.300. The lowest BCUT2D eigenvalue weighted by molar-refractivity contribution is -0.154. The molecule has 3 nitrogen and oxygen atoms in total. The zero-order chi connectivity index (χ0) is 11.0. The summed E-state index contributed by atoms with van der Waals surface area (Å²) in [6.45, 7) is 0. The number of hydrogen-bond acceptors (Lipinski definition) is 3. The van der Waals surface area contributed by atoms with Crippen LogP contribution in [0.3, 0.4) is 0 Å². The maximum absolute atomic E-state index is 11.3. The van der Waals surface area contributed by atoms with E-state index in [1.807, 2.05) is 18.2 Å². The SMILES string of the molecule is CSN1C(=O)[C@H](O)[C@@H]1c1ccccc1Cl. The molecule has 5 heteroatoms. The number of rotatable bonds is 2. The Kier molecular flexibility index (Phi) is 2.91. The first-order valence-electron chi connectivity index (χ1n) is 4.46. The van der Waals surface area contributed by atoms with Gasteiger partial charge in [0, 0.05) is 11.3 Å². The van der Waals surface area contributed by atoms with E-state index in [4.69, 9.17) is 11.6 Å². The molecule has 0 unspecified atom stereocenters. The molecule has 0 radical (unpaired) electrons. The highest BCUT2D eigenvalue weighted by molar-refractivity contribution is 7.96. The van der Waals surface area contributed by atoms with E-state index in [9.17, 15) is 9.90 Å². The van der Waals surface area contributed by atoms with Crippen LogP contribution in [-0.2, 0) is 4.79 Å². The predicted molar refractivity (Wildman–Crippen MR) is 60.6 cm³/mol. The molecule has 15 heavy (non-hydrogen) atoms. The van der Waals surface area contributed by atoms with Crippen LogP contribution in [0.4, 0.5) is 0 Å². The number of nitrogens with zero attached hydrogens (tertiary/aromatic N) is 1. The van der Waals surface area contributed by atoms with Crippen molar-refractivity contribution in [1.82, 2.24) is 4.31 Å². The first kappa shape index (κ1) is 10.8. The maximum Gasteiger partial charge on any atom is 0.264 e. The van der Waals surface area contributed by atoms with Gasteiger partial charge in [0.2, 0.25) is 0 Å². The maximum atomic E-state index is 11.3. The number of β-lactam (4-membered cyclic amide) rings is 1. The Labute approximate surface area is 97.2 Å². The quantitative estimate of drug-likeness (QED) is 0.637. The Morgan fingerprint density at radius 1 is 1.47 bits per heavy atom. The highest BCUT2D eigenvalue weighted by Gasteiger charge is 2.47. The van der Waals surface area contributed by atoms with Gasteiger partial charge in [-0.25, -0.2) is 0 Å². The third-order valence-corrected chi connectivity index (χ3v) is 3.59. The number of amides is 1. The molecular formula is C10H10ClNO2S. The van der Waals surface area contributed by atoms with Gasteiger partial charge in [0.05, 0.1) is 0 Å². The topological polar surface area (TPSA) is 40.5 Å². The van der Waals surface area contributed by atoms with E-state index >= 15 is 0 Å². The molecule has 1 heterocycles. The molecule has 2 atom stereocenters. The van der Waals surface area contributed by atoms with Gasteiger partial charge in [-0.15, -0.1) is 0 Å². The molecule has 80 valence electrons. The number of halogens is 1. The van der Waals surface area contributed by atoms with Crippen LogP contribution in [0.5, 0.6) is 0 Å². The zero-order valence-corrected chi connectivity index (χ0v) is 9.63. The van der Waals surface area contributed by atoms with Crippen molar-refractivity contribution < 1.29 is 9.90 Å². The normalized spacial score (nSPS) is 25.3. The molecule has 1 saturated heterocycles. The van der Waals surface area contributed by atoms with Gasteiger partial charge in [-0.2, -0.15) is 0 Å². The molecule has 2 rings (SSSR count). The zero-order valence-electron chi connectivity index (χ0n) is 8.05. The molecule has 1 aliphatic heterocycles. The van der Waals surface area contributed by atoms with Gasteiger partial charge in [0.1, 0.15) is 6.04 Å². The van der Waals surface area contributed by atoms with Crippen LogP contribution in [-0.4, -0.2) is 27.7 Å². The summed E-state index contributed by atoms with van der Waals surface area (Å²) in [7, 11) is 0. The Morgan fingerprint density at radius 3 is 2.73 bits per heavy atom. The predicted octanol–water partition coefficient (Wildman–Crippen LogP) is 1.86. The van der Waals surface area contributed by atoms with Crippen LogP contribution >= 0.6 is 23.5 Å². The van der Waals surface area contributed by atoms with E-state index in [0.29, 0.717) is 5.02 Å². The van der Waals surface area contributed by atoms with E-state index in [1.54, 1.807) is 12.3 Å². The molecule has 1 N–H and O–H groups in total. The van der Waals surface area contributed by atoms with Crippen molar-refractivity contribution in [3.63, 3.8) is 0 Å². The number of benzene rings is 1. The van der Waals surface area contributed by atoms with Crippen LogP contribution < -0.4 is 0 Å². The average Bonchev–Trinajstić information content (AvgIpc) is 2.26. The largest absolute Gasteiger partial charge is 0.381 e. The smallest absolute Gasteiger partial charge is 0.264 e. The number of aliphatic hydroxyl groups excluding tert-OH is 1. The number of carbonyl (C=O) groups excluding carboxylic acids is 1. The summed E-state index contributed by atoms with van der Waals surface area (Å²) in [6, 6.07) is 6.93. The van der Waals surface area contributed by atoms with Crippen molar-refractivity contribution in [3.05, 3.63) is 34.9 Å². The highest BCUT2D eigenvalue weighted by atomic mass is 35.5. The Morgan fingerprint density at radius 2 is 2.13 bits per heavy atom. The van der Waals surface area contributed by atoms with Gasteiger partial charge in [0.25, 0.3) is 5.91 Å². The number of carbonyl (C=O) groups is 1. The van der Waals surface area contributed by atoms with Gasteiger partial charge in [-0.1, -0.05) is 41.7 Å². The van der Waals surface area contributed by atoms with Crippen LogP contribution in [0.25, 0.3) is 0 Å². The van der Waals surface area contributed by atoms with Crippen molar-refractivity contribution >= 4 is 29.5 Å². The molecule has 1 aromatic carbocycles. The highest BCUT2D eigenvalue weighted by Crippen LogP contribution is 2.41. The second-order valence-corrected chi connectivity index (χ2v) is 4.42. The summed E-state index contributed by atoms with van der Waals surface area (Å²) in [5.74, 6) is -0.257. The van der Waals surface area contributed by atoms with E-state index < -0.39 is 6.10 Å². The van der Waals surface area contributed by atoms with E-state index in [-0.39, 0.29) is 11.9 Å². The molecule has 0 bridgehead atoms. The van der Waals surface area contributed by atoms with Gasteiger partial charge in [-0.05, 0) is 11.6 Å². The second kappa shape index (κ2) is 4.04. The van der Waals surface area contributed by atoms with E-state index in [2.05, 4.69) is 0 Å². The first-order valence-corrected chi connectivity index (χ1v) is 6.02. The van der Waals surface area contributed by atoms with Crippen molar-refractivity contribution in [2.45, 2.75) is 12.1 Å². The minimum absolute atomic E-state index is 0.257. The fourth-order valence-corrected chi connectivity index (χ4v) is 2.65. The Balaban J connectivity index is 2.32. The lowest BCUT2D eigenvalue weighted by Gasteiger charge is -2.43. The molecule has 0 aliphatic carbocycles. The summed E-state index contributed by atoms with van der Waals surface area (Å²) < 4.78 is 1.53.